The third kappa shape index (κ3) is 8.41. The summed E-state index contributed by atoms with van der Waals surface area (Å²) in [6.07, 6.45) is 12.1. The van der Waals surface area contributed by atoms with E-state index in [0.29, 0.717) is 6.42 Å². The fraction of sp³-hybridized carbons (Fsp3) is 0.941. The highest BCUT2D eigenvalue weighted by Crippen LogP contribution is 2.33. The van der Waals surface area contributed by atoms with Gasteiger partial charge in [0.05, 0.1) is 0 Å². The Bertz CT molecular complexity index is 211. The summed E-state index contributed by atoms with van der Waals surface area (Å²) in [4.78, 5) is 12.2. The normalized spacial score (nSPS) is 11.8. The molecule has 0 aromatic heterocycles. The first kappa shape index (κ1) is 18.6. The third-order valence-corrected chi connectivity index (χ3v) is 4.18. The number of unbranched alkanes of at least 4 members (excludes halogenated alkanes) is 6. The molecule has 0 aliphatic carbocycles. The number of aliphatic hydroxyl groups is 1. The summed E-state index contributed by atoms with van der Waals surface area (Å²) in [7, 11) is 0. The van der Waals surface area contributed by atoms with Gasteiger partial charge in [0.25, 0.3) is 0 Å². The quantitative estimate of drug-likeness (QED) is 0.484. The predicted molar refractivity (Wildman–Crippen MR) is 82.3 cm³/mol. The number of aliphatic hydroxyl groups excluding tert-OH is 1. The maximum Gasteiger partial charge on any atom is 0.141 e. The van der Waals surface area contributed by atoms with Crippen LogP contribution in [0.2, 0.25) is 0 Å². The van der Waals surface area contributed by atoms with E-state index in [4.69, 9.17) is 5.11 Å². The molecular weight excluding hydrogens is 236 g/mol. The second kappa shape index (κ2) is 11.5. The van der Waals surface area contributed by atoms with Gasteiger partial charge in [0, 0.05) is 18.4 Å². The number of ketones is 1. The molecule has 0 spiro atoms. The standard InChI is InChI=1S/C17H34O2/c1-4-6-8-10-13-17(3,16(19)12-15-18)14-11-9-7-5-2/h18H,4-15H2,1-3H3. The van der Waals surface area contributed by atoms with Crippen molar-refractivity contribution in [2.75, 3.05) is 6.61 Å². The molecule has 0 heterocycles. The summed E-state index contributed by atoms with van der Waals surface area (Å²) in [6.45, 7) is 6.53. The summed E-state index contributed by atoms with van der Waals surface area (Å²) in [5.74, 6) is 0.267. The molecule has 0 aromatic rings. The van der Waals surface area contributed by atoms with E-state index in [0.717, 1.165) is 25.7 Å². The van der Waals surface area contributed by atoms with Crippen molar-refractivity contribution in [2.45, 2.75) is 91.4 Å². The van der Waals surface area contributed by atoms with Crippen LogP contribution in [0.15, 0.2) is 0 Å². The van der Waals surface area contributed by atoms with Gasteiger partial charge in [-0.1, -0.05) is 72.1 Å². The molecule has 0 radical (unpaired) electrons. The lowest BCUT2D eigenvalue weighted by molar-refractivity contribution is -0.129. The smallest absolute Gasteiger partial charge is 0.141 e. The molecule has 0 bridgehead atoms. The Morgan fingerprint density at radius 1 is 0.895 bits per heavy atom. The molecule has 114 valence electrons. The molecule has 1 N–H and O–H groups in total. The zero-order valence-corrected chi connectivity index (χ0v) is 13.3. The van der Waals surface area contributed by atoms with E-state index in [1.165, 1.54) is 38.5 Å². The van der Waals surface area contributed by atoms with Crippen molar-refractivity contribution in [1.29, 1.82) is 0 Å². The molecule has 0 fully saturated rings. The molecule has 2 nitrogen and oxygen atoms in total. The number of hydrogen-bond acceptors (Lipinski definition) is 2. The summed E-state index contributed by atoms with van der Waals surface area (Å²) in [5, 5.41) is 9.00. The van der Waals surface area contributed by atoms with Crippen molar-refractivity contribution in [2.24, 2.45) is 5.41 Å². The van der Waals surface area contributed by atoms with Gasteiger partial charge >= 0.3 is 0 Å². The topological polar surface area (TPSA) is 37.3 Å². The highest BCUT2D eigenvalue weighted by atomic mass is 16.3. The molecule has 0 unspecified atom stereocenters. The van der Waals surface area contributed by atoms with Crippen LogP contribution in [-0.4, -0.2) is 17.5 Å². The van der Waals surface area contributed by atoms with Gasteiger partial charge in [0.1, 0.15) is 5.78 Å². The van der Waals surface area contributed by atoms with Crippen LogP contribution in [0.5, 0.6) is 0 Å². The van der Waals surface area contributed by atoms with Crippen molar-refractivity contribution in [3.05, 3.63) is 0 Å². The van der Waals surface area contributed by atoms with Gasteiger partial charge in [0.2, 0.25) is 0 Å². The third-order valence-electron chi connectivity index (χ3n) is 4.18. The Morgan fingerprint density at radius 2 is 1.37 bits per heavy atom. The van der Waals surface area contributed by atoms with Crippen LogP contribution in [0.3, 0.4) is 0 Å². The fourth-order valence-corrected chi connectivity index (χ4v) is 2.69. The minimum Gasteiger partial charge on any atom is -0.396 e. The van der Waals surface area contributed by atoms with E-state index in [-0.39, 0.29) is 17.8 Å². The van der Waals surface area contributed by atoms with E-state index in [9.17, 15) is 4.79 Å². The first-order chi connectivity index (χ1) is 9.10. The molecule has 0 aliphatic heterocycles. The van der Waals surface area contributed by atoms with Gasteiger partial charge < -0.3 is 5.11 Å². The number of rotatable bonds is 13. The summed E-state index contributed by atoms with van der Waals surface area (Å²) >= 11 is 0. The van der Waals surface area contributed by atoms with E-state index in [1.54, 1.807) is 0 Å². The van der Waals surface area contributed by atoms with Crippen LogP contribution in [0.25, 0.3) is 0 Å². The molecule has 0 atom stereocenters. The van der Waals surface area contributed by atoms with Crippen molar-refractivity contribution in [1.82, 2.24) is 0 Å². The average molecular weight is 270 g/mol. The zero-order chi connectivity index (χ0) is 14.6. The van der Waals surface area contributed by atoms with Gasteiger partial charge in [-0.25, -0.2) is 0 Å². The minimum atomic E-state index is -0.190. The zero-order valence-electron chi connectivity index (χ0n) is 13.3. The first-order valence-electron chi connectivity index (χ1n) is 8.25. The van der Waals surface area contributed by atoms with E-state index < -0.39 is 0 Å². The first-order valence-corrected chi connectivity index (χ1v) is 8.25. The molecule has 0 rings (SSSR count). The van der Waals surface area contributed by atoms with Gasteiger partial charge in [-0.15, -0.1) is 0 Å². The van der Waals surface area contributed by atoms with Crippen LogP contribution in [0.1, 0.15) is 91.4 Å². The monoisotopic (exact) mass is 270 g/mol. The fourth-order valence-electron chi connectivity index (χ4n) is 2.69. The second-order valence-electron chi connectivity index (χ2n) is 6.08. The number of carbonyl (C=O) groups excluding carboxylic acids is 1. The van der Waals surface area contributed by atoms with Gasteiger partial charge in [-0.3, -0.25) is 4.79 Å². The maximum absolute atomic E-state index is 12.2. The summed E-state index contributed by atoms with van der Waals surface area (Å²) in [5.41, 5.74) is -0.190. The summed E-state index contributed by atoms with van der Waals surface area (Å²) < 4.78 is 0. The molecule has 0 saturated carbocycles. The largest absolute Gasteiger partial charge is 0.396 e. The van der Waals surface area contributed by atoms with Gasteiger partial charge in [0.15, 0.2) is 0 Å². The highest BCUT2D eigenvalue weighted by molar-refractivity contribution is 5.84. The average Bonchev–Trinajstić information content (AvgIpc) is 2.40. The Kier molecular flexibility index (Phi) is 11.2. The Hall–Kier alpha value is -0.370. The SMILES string of the molecule is CCCCCCC(C)(CCCCCC)C(=O)CCO. The van der Waals surface area contributed by atoms with Crippen molar-refractivity contribution < 1.29 is 9.90 Å². The van der Waals surface area contributed by atoms with E-state index in [2.05, 4.69) is 20.8 Å². The van der Waals surface area contributed by atoms with Crippen LogP contribution in [0, 0.1) is 5.41 Å². The molecule has 0 amide bonds. The maximum atomic E-state index is 12.2. The lowest BCUT2D eigenvalue weighted by Gasteiger charge is -2.28. The van der Waals surface area contributed by atoms with Crippen molar-refractivity contribution in [3.8, 4) is 0 Å². The highest BCUT2D eigenvalue weighted by Gasteiger charge is 2.30. The van der Waals surface area contributed by atoms with Crippen LogP contribution in [0.4, 0.5) is 0 Å². The Labute approximate surface area is 120 Å². The van der Waals surface area contributed by atoms with Gasteiger partial charge in [-0.2, -0.15) is 0 Å². The lowest BCUT2D eigenvalue weighted by atomic mass is 9.75. The summed E-state index contributed by atoms with van der Waals surface area (Å²) in [6, 6.07) is 0. The van der Waals surface area contributed by atoms with E-state index >= 15 is 0 Å². The van der Waals surface area contributed by atoms with E-state index in [1.807, 2.05) is 0 Å². The second-order valence-corrected chi connectivity index (χ2v) is 6.08. The van der Waals surface area contributed by atoms with Crippen LogP contribution in [-0.2, 0) is 4.79 Å². The van der Waals surface area contributed by atoms with Crippen LogP contribution < -0.4 is 0 Å². The van der Waals surface area contributed by atoms with Crippen molar-refractivity contribution >= 4 is 5.78 Å². The number of Topliss-reactive ketones (excluding diaryl/α,β-unsaturated/α-hetero) is 1. The molecule has 0 aliphatic rings. The predicted octanol–water partition coefficient (Wildman–Crippen LogP) is 4.89. The van der Waals surface area contributed by atoms with Crippen LogP contribution >= 0.6 is 0 Å². The van der Waals surface area contributed by atoms with Gasteiger partial charge in [-0.05, 0) is 12.8 Å². The number of carbonyl (C=O) groups is 1. The minimum absolute atomic E-state index is 0.00164. The van der Waals surface area contributed by atoms with Crippen molar-refractivity contribution in [3.63, 3.8) is 0 Å². The molecular formula is C17H34O2. The lowest BCUT2D eigenvalue weighted by Crippen LogP contribution is -2.28. The molecule has 19 heavy (non-hydrogen) atoms. The molecule has 0 saturated heterocycles. The number of hydrogen-bond donors (Lipinski definition) is 1. The Morgan fingerprint density at radius 3 is 1.74 bits per heavy atom. The molecule has 0 aromatic carbocycles. The Balaban J connectivity index is 4.23. The molecule has 2 heteroatoms.